The molecule has 2 aromatic carbocycles. The number of amides is 1. The minimum atomic E-state index is -0.986. The number of halogens is 3. The van der Waals surface area contributed by atoms with E-state index in [0.29, 0.717) is 52.1 Å². The molecule has 2 aliphatic rings. The van der Waals surface area contributed by atoms with E-state index in [4.69, 9.17) is 5.10 Å². The molecule has 2 atom stereocenters. The third-order valence-electron chi connectivity index (χ3n) is 8.41. The van der Waals surface area contributed by atoms with Crippen molar-refractivity contribution in [2.75, 3.05) is 18.0 Å². The number of carboxylic acid groups (broad SMARTS) is 1. The summed E-state index contributed by atoms with van der Waals surface area (Å²) in [5, 5.41) is 21.4. The Kier molecular flexibility index (Phi) is 5.45. The van der Waals surface area contributed by atoms with E-state index in [2.05, 4.69) is 20.2 Å². The van der Waals surface area contributed by atoms with Crippen LogP contribution in [-0.2, 0) is 0 Å². The lowest BCUT2D eigenvalue weighted by molar-refractivity contribution is 0.137. The van der Waals surface area contributed by atoms with Crippen molar-refractivity contribution in [3.05, 3.63) is 84.7 Å². The summed E-state index contributed by atoms with van der Waals surface area (Å²) < 4.78 is 47.8. The highest BCUT2D eigenvalue weighted by Gasteiger charge is 2.45. The maximum atomic E-state index is 15.9. The fourth-order valence-corrected chi connectivity index (χ4v) is 6.50. The van der Waals surface area contributed by atoms with Crippen LogP contribution in [0.4, 0.5) is 23.7 Å². The predicted molar refractivity (Wildman–Crippen MR) is 151 cm³/mol. The van der Waals surface area contributed by atoms with Crippen LogP contribution in [0.2, 0.25) is 0 Å². The predicted octanol–water partition coefficient (Wildman–Crippen LogP) is 5.36. The molecule has 2 aliphatic heterocycles. The Hall–Kier alpha value is -5.46. The second-order valence-corrected chi connectivity index (χ2v) is 10.7. The molecule has 8 rings (SSSR count). The second kappa shape index (κ2) is 9.28. The molecule has 0 radical (unpaired) electrons. The molecule has 0 unspecified atom stereocenters. The maximum absolute atomic E-state index is 15.9. The minimum Gasteiger partial charge on any atom is -0.465 e. The van der Waals surface area contributed by atoms with Gasteiger partial charge in [-0.1, -0.05) is 6.07 Å². The van der Waals surface area contributed by atoms with Crippen LogP contribution in [0.15, 0.2) is 67.3 Å². The largest absolute Gasteiger partial charge is 0.465 e. The van der Waals surface area contributed by atoms with Crippen LogP contribution in [0, 0.1) is 17.5 Å². The first-order chi connectivity index (χ1) is 20.9. The molecular weight excluding hydrogens is 561 g/mol. The van der Waals surface area contributed by atoms with E-state index in [-0.39, 0.29) is 35.4 Å². The van der Waals surface area contributed by atoms with Gasteiger partial charge in [-0.15, -0.1) is 0 Å². The van der Waals surface area contributed by atoms with Gasteiger partial charge in [0.05, 0.1) is 29.1 Å². The zero-order valence-corrected chi connectivity index (χ0v) is 22.2. The quantitative estimate of drug-likeness (QED) is 0.288. The van der Waals surface area contributed by atoms with E-state index in [1.807, 2.05) is 4.90 Å². The van der Waals surface area contributed by atoms with Crippen molar-refractivity contribution in [2.45, 2.75) is 18.5 Å². The third kappa shape index (κ3) is 3.77. The summed E-state index contributed by atoms with van der Waals surface area (Å²) in [6, 6.07) is 10.1. The van der Waals surface area contributed by atoms with Crippen molar-refractivity contribution in [2.24, 2.45) is 0 Å². The third-order valence-corrected chi connectivity index (χ3v) is 8.41. The molecule has 0 spiro atoms. The number of anilines is 1. The van der Waals surface area contributed by atoms with E-state index in [0.717, 1.165) is 0 Å². The average Bonchev–Trinajstić information content (AvgIpc) is 3.81. The SMILES string of the molecule is O=C(O)N1C[C@@H]2C[C@H]1CN2c1cc(F)c(-c2ccnc3c(-c4ccc(F)c5[nH]ncc45)c(-c4ccncc4)nn23)c(F)c1. The fourth-order valence-electron chi connectivity index (χ4n) is 6.50. The smallest absolute Gasteiger partial charge is 0.407 e. The van der Waals surface area contributed by atoms with Gasteiger partial charge in [-0.2, -0.15) is 10.2 Å². The molecule has 2 fully saturated rings. The summed E-state index contributed by atoms with van der Waals surface area (Å²) in [6.45, 7) is 0.657. The molecule has 214 valence electrons. The number of benzene rings is 2. The molecule has 13 heteroatoms. The van der Waals surface area contributed by atoms with Crippen molar-refractivity contribution >= 4 is 28.3 Å². The van der Waals surface area contributed by atoms with Gasteiger partial charge in [-0.25, -0.2) is 27.5 Å². The number of rotatable bonds is 4. The Morgan fingerprint density at radius 3 is 2.44 bits per heavy atom. The van der Waals surface area contributed by atoms with Gasteiger partial charge in [0.2, 0.25) is 0 Å². The first-order valence-electron chi connectivity index (χ1n) is 13.5. The van der Waals surface area contributed by atoms with Crippen LogP contribution < -0.4 is 4.90 Å². The van der Waals surface area contributed by atoms with Gasteiger partial charge in [0.1, 0.15) is 28.7 Å². The molecule has 0 saturated carbocycles. The standard InChI is InChI=1S/C30H21F3N8O2/c31-21-2-1-19(20-12-36-37-28(20)21)25-27(15-3-6-34-7-4-15)38-41-24(5-8-35-29(25)41)26-22(32)10-16(11-23(26)33)39-13-18-9-17(39)14-40(18)30(42)43/h1-8,10-12,17-18H,9,13-14H2,(H,36,37)(H,42,43)/t17-,18-/m0/s1. The van der Waals surface area contributed by atoms with Crippen molar-refractivity contribution in [1.29, 1.82) is 0 Å². The number of piperazine rings is 1. The Balaban J connectivity index is 1.29. The van der Waals surface area contributed by atoms with Gasteiger partial charge < -0.3 is 14.9 Å². The summed E-state index contributed by atoms with van der Waals surface area (Å²) >= 11 is 0. The number of fused-ring (bicyclic) bond motifs is 4. The highest BCUT2D eigenvalue weighted by atomic mass is 19.1. The van der Waals surface area contributed by atoms with E-state index in [1.54, 1.807) is 30.6 Å². The van der Waals surface area contributed by atoms with Crippen molar-refractivity contribution in [1.82, 2.24) is 34.7 Å². The number of aromatic amines is 1. The van der Waals surface area contributed by atoms with Crippen LogP contribution >= 0.6 is 0 Å². The molecule has 4 aromatic heterocycles. The summed E-state index contributed by atoms with van der Waals surface area (Å²) in [4.78, 5) is 23.3. The van der Waals surface area contributed by atoms with Gasteiger partial charge in [0.25, 0.3) is 0 Å². The number of hydrogen-bond acceptors (Lipinski definition) is 6. The van der Waals surface area contributed by atoms with Gasteiger partial charge >= 0.3 is 6.09 Å². The maximum Gasteiger partial charge on any atom is 0.407 e. The topological polar surface area (TPSA) is 116 Å². The Labute approximate surface area is 241 Å². The van der Waals surface area contributed by atoms with Crippen LogP contribution in [0.25, 0.3) is 50.2 Å². The highest BCUT2D eigenvalue weighted by Crippen LogP contribution is 2.41. The summed E-state index contributed by atoms with van der Waals surface area (Å²) in [6.07, 6.45) is 5.80. The summed E-state index contributed by atoms with van der Waals surface area (Å²) in [5.41, 5.74) is 3.00. The first-order valence-corrected chi connectivity index (χ1v) is 13.5. The zero-order valence-electron chi connectivity index (χ0n) is 22.2. The highest BCUT2D eigenvalue weighted by molar-refractivity contribution is 6.03. The molecule has 2 saturated heterocycles. The molecule has 1 amide bonds. The lowest BCUT2D eigenvalue weighted by Gasteiger charge is -2.34. The van der Waals surface area contributed by atoms with Crippen molar-refractivity contribution in [3.8, 4) is 33.6 Å². The Bertz CT molecular complexity index is 2060. The summed E-state index contributed by atoms with van der Waals surface area (Å²) in [5.74, 6) is -2.05. The normalized spacial score (nSPS) is 17.9. The summed E-state index contributed by atoms with van der Waals surface area (Å²) in [7, 11) is 0. The number of hydrogen-bond donors (Lipinski definition) is 2. The van der Waals surface area contributed by atoms with Crippen LogP contribution in [0.5, 0.6) is 0 Å². The molecule has 6 heterocycles. The Morgan fingerprint density at radius 1 is 0.930 bits per heavy atom. The number of likely N-dealkylation sites (tertiary alicyclic amines) is 1. The minimum absolute atomic E-state index is 0.138. The van der Waals surface area contributed by atoms with E-state index >= 15 is 8.78 Å². The van der Waals surface area contributed by atoms with Gasteiger partial charge in [-0.05, 0) is 48.4 Å². The van der Waals surface area contributed by atoms with Gasteiger partial charge in [0.15, 0.2) is 5.65 Å². The lowest BCUT2D eigenvalue weighted by atomic mass is 9.98. The molecule has 6 aromatic rings. The molecule has 0 aliphatic carbocycles. The second-order valence-electron chi connectivity index (χ2n) is 10.7. The number of nitrogens with one attached hydrogen (secondary N) is 1. The molecule has 2 bridgehead atoms. The molecule has 10 nitrogen and oxygen atoms in total. The monoisotopic (exact) mass is 582 g/mol. The Morgan fingerprint density at radius 2 is 1.72 bits per heavy atom. The van der Waals surface area contributed by atoms with E-state index in [1.165, 1.54) is 46.1 Å². The van der Waals surface area contributed by atoms with Crippen molar-refractivity contribution in [3.63, 3.8) is 0 Å². The number of aromatic nitrogens is 6. The van der Waals surface area contributed by atoms with Crippen LogP contribution in [0.3, 0.4) is 0 Å². The van der Waals surface area contributed by atoms with Crippen molar-refractivity contribution < 1.29 is 23.1 Å². The number of carbonyl (C=O) groups is 1. The average molecular weight is 583 g/mol. The number of H-pyrrole nitrogens is 1. The number of pyridine rings is 1. The molecular formula is C30H21F3N8O2. The van der Waals surface area contributed by atoms with Crippen LogP contribution in [-0.4, -0.2) is 71.1 Å². The number of nitrogens with zero attached hydrogens (tertiary/aromatic N) is 7. The van der Waals surface area contributed by atoms with E-state index in [9.17, 15) is 14.3 Å². The van der Waals surface area contributed by atoms with E-state index < -0.39 is 23.5 Å². The lowest BCUT2D eigenvalue weighted by Crippen LogP contribution is -2.48. The van der Waals surface area contributed by atoms with Gasteiger partial charge in [0, 0.05) is 54.4 Å². The van der Waals surface area contributed by atoms with Crippen LogP contribution in [0.1, 0.15) is 6.42 Å². The fraction of sp³-hybridized carbons (Fsp3) is 0.167. The first kappa shape index (κ1) is 25.3. The zero-order chi connectivity index (χ0) is 29.4. The molecule has 2 N–H and O–H groups in total. The molecule has 43 heavy (non-hydrogen) atoms. The van der Waals surface area contributed by atoms with Gasteiger partial charge in [-0.3, -0.25) is 10.1 Å².